The zero-order chi connectivity index (χ0) is 30.5. The Bertz CT molecular complexity index is 2270. The number of benzene rings is 7. The van der Waals surface area contributed by atoms with Crippen LogP contribution in [-0.2, 0) is 10.8 Å². The Morgan fingerprint density at radius 1 is 0.348 bits per heavy atom. The molecule has 0 N–H and O–H groups in total. The highest BCUT2D eigenvalue weighted by molar-refractivity contribution is 7.99. The first-order chi connectivity index (χ1) is 22.7. The van der Waals surface area contributed by atoms with Crippen molar-refractivity contribution in [3.63, 3.8) is 0 Å². The van der Waals surface area contributed by atoms with Crippen molar-refractivity contribution in [3.05, 3.63) is 213 Å². The Labute approximate surface area is 278 Å². The Morgan fingerprint density at radius 2 is 0.870 bits per heavy atom. The third-order valence-corrected chi connectivity index (χ3v) is 11.8. The fourth-order valence-electron chi connectivity index (χ4n) is 8.81. The van der Waals surface area contributed by atoms with Crippen molar-refractivity contribution in [3.8, 4) is 22.3 Å². The van der Waals surface area contributed by atoms with Crippen LogP contribution in [0.3, 0.4) is 0 Å². The average Bonchev–Trinajstić information content (AvgIpc) is 3.56. The van der Waals surface area contributed by atoms with Crippen LogP contribution in [0.15, 0.2) is 174 Å². The molecule has 0 atom stereocenters. The second-order valence-electron chi connectivity index (χ2n) is 12.5. The highest BCUT2D eigenvalue weighted by Gasteiger charge is 2.53. The van der Waals surface area contributed by atoms with E-state index in [-0.39, 0.29) is 0 Å². The maximum absolute atomic E-state index is 6.84. The molecule has 0 fully saturated rings. The van der Waals surface area contributed by atoms with Crippen LogP contribution in [0, 0.1) is 0 Å². The minimum atomic E-state index is -0.483. The van der Waals surface area contributed by atoms with E-state index >= 15 is 0 Å². The molecule has 0 unspecified atom stereocenters. The van der Waals surface area contributed by atoms with Gasteiger partial charge in [-0.05, 0) is 97.1 Å². The largest absolute Gasteiger partial charge is 0.0894 e. The Balaban J connectivity index is 1.38. The molecule has 1 aliphatic heterocycles. The highest BCUT2D eigenvalue weighted by atomic mass is 35.5. The first-order valence-electron chi connectivity index (χ1n) is 15.8. The van der Waals surface area contributed by atoms with E-state index in [4.69, 9.17) is 11.6 Å². The van der Waals surface area contributed by atoms with Crippen LogP contribution in [0.25, 0.3) is 22.3 Å². The summed E-state index contributed by atoms with van der Waals surface area (Å²) in [4.78, 5) is 2.61. The summed E-state index contributed by atoms with van der Waals surface area (Å²) in [6, 6.07) is 60.6. The molecule has 7 aromatic carbocycles. The first kappa shape index (κ1) is 26.4. The molecule has 3 aliphatic rings. The van der Waals surface area contributed by atoms with Crippen molar-refractivity contribution in [2.45, 2.75) is 20.6 Å². The maximum atomic E-state index is 6.84. The van der Waals surface area contributed by atoms with Gasteiger partial charge in [0.15, 0.2) is 0 Å². The number of fused-ring (bicyclic) bond motifs is 12. The van der Waals surface area contributed by atoms with Crippen LogP contribution in [0.5, 0.6) is 0 Å². The molecule has 0 aromatic heterocycles. The molecule has 0 amide bonds. The van der Waals surface area contributed by atoms with Crippen LogP contribution in [0.2, 0.25) is 5.02 Å². The van der Waals surface area contributed by atoms with Crippen molar-refractivity contribution < 1.29 is 0 Å². The van der Waals surface area contributed by atoms with Crippen LogP contribution in [0.4, 0.5) is 0 Å². The molecule has 0 bridgehead atoms. The van der Waals surface area contributed by atoms with Gasteiger partial charge in [-0.15, -0.1) is 0 Å². The average molecular weight is 623 g/mol. The van der Waals surface area contributed by atoms with E-state index in [0.717, 1.165) is 5.02 Å². The van der Waals surface area contributed by atoms with Crippen LogP contribution >= 0.6 is 23.4 Å². The lowest BCUT2D eigenvalue weighted by molar-refractivity contribution is 0.715. The second kappa shape index (κ2) is 9.59. The summed E-state index contributed by atoms with van der Waals surface area (Å²) in [5, 5.41) is 0.755. The zero-order valence-electron chi connectivity index (χ0n) is 24.9. The summed E-state index contributed by atoms with van der Waals surface area (Å²) in [7, 11) is 0. The second-order valence-corrected chi connectivity index (χ2v) is 14.0. The topological polar surface area (TPSA) is 0 Å². The quantitative estimate of drug-likeness (QED) is 0.185. The van der Waals surface area contributed by atoms with E-state index in [0.29, 0.717) is 0 Å². The highest BCUT2D eigenvalue weighted by Crippen LogP contribution is 2.65. The molecular weight excluding hydrogens is 596 g/mol. The molecule has 7 aromatic rings. The number of hydrogen-bond acceptors (Lipinski definition) is 1. The van der Waals surface area contributed by atoms with Crippen LogP contribution in [0.1, 0.15) is 44.5 Å². The van der Waals surface area contributed by atoms with E-state index in [1.54, 1.807) is 0 Å². The molecule has 46 heavy (non-hydrogen) atoms. The number of rotatable bonds is 2. The fourth-order valence-corrected chi connectivity index (χ4v) is 10.2. The van der Waals surface area contributed by atoms with Crippen molar-refractivity contribution >= 4 is 23.4 Å². The molecule has 0 saturated carbocycles. The van der Waals surface area contributed by atoms with Crippen molar-refractivity contribution in [2.24, 2.45) is 0 Å². The predicted molar refractivity (Wildman–Crippen MR) is 190 cm³/mol. The molecule has 2 heteroatoms. The molecule has 0 saturated heterocycles. The summed E-state index contributed by atoms with van der Waals surface area (Å²) in [5.74, 6) is 0. The zero-order valence-corrected chi connectivity index (χ0v) is 26.4. The normalized spacial score (nSPS) is 15.3. The van der Waals surface area contributed by atoms with Crippen LogP contribution < -0.4 is 0 Å². The van der Waals surface area contributed by atoms with Gasteiger partial charge in [0.05, 0.1) is 10.8 Å². The van der Waals surface area contributed by atoms with Crippen LogP contribution in [-0.4, -0.2) is 0 Å². The minimum Gasteiger partial charge on any atom is -0.0894 e. The Kier molecular flexibility index (Phi) is 5.51. The van der Waals surface area contributed by atoms with Gasteiger partial charge in [-0.25, -0.2) is 0 Å². The lowest BCUT2D eigenvalue weighted by Crippen LogP contribution is -2.33. The monoisotopic (exact) mass is 622 g/mol. The van der Waals surface area contributed by atoms with E-state index in [1.165, 1.54) is 76.6 Å². The van der Waals surface area contributed by atoms with Crippen molar-refractivity contribution in [1.29, 1.82) is 0 Å². The van der Waals surface area contributed by atoms with Gasteiger partial charge in [0.25, 0.3) is 0 Å². The lowest BCUT2D eigenvalue weighted by atomic mass is 9.65. The predicted octanol–water partition coefficient (Wildman–Crippen LogP) is 11.5. The van der Waals surface area contributed by atoms with Crippen molar-refractivity contribution in [2.75, 3.05) is 0 Å². The fraction of sp³-hybridized carbons (Fsp3) is 0.0455. The van der Waals surface area contributed by atoms with E-state index < -0.39 is 10.8 Å². The Morgan fingerprint density at radius 3 is 1.52 bits per heavy atom. The van der Waals surface area contributed by atoms with Gasteiger partial charge in [0.1, 0.15) is 0 Å². The van der Waals surface area contributed by atoms with Gasteiger partial charge in [0.2, 0.25) is 0 Å². The van der Waals surface area contributed by atoms with Crippen molar-refractivity contribution in [1.82, 2.24) is 0 Å². The maximum Gasteiger partial charge on any atom is 0.0735 e. The SMILES string of the molecule is Clc1ccc2c(c1)-c1cc3c(cc1C2(c1ccccc1)c1ccccc1)Sc1ccccc1C31c2ccccc2-c2ccccc21. The van der Waals surface area contributed by atoms with Gasteiger partial charge in [0, 0.05) is 14.8 Å². The molecule has 0 radical (unpaired) electrons. The standard InChI is InChI=1S/C44H27ClS/c45-30-23-24-37-33(25-30)34-26-40-42(27-39(34)43(37,28-13-3-1-4-14-28)29-15-5-2-6-16-29)46-41-22-12-11-21-38(41)44(40)35-19-9-7-17-31(35)32-18-8-10-20-36(32)44/h1-27H. The third-order valence-electron chi connectivity index (χ3n) is 10.5. The van der Waals surface area contributed by atoms with Gasteiger partial charge >= 0.3 is 0 Å². The minimum absolute atomic E-state index is 0.428. The third kappa shape index (κ3) is 3.22. The summed E-state index contributed by atoms with van der Waals surface area (Å²) >= 11 is 8.74. The smallest absolute Gasteiger partial charge is 0.0735 e. The molecule has 216 valence electrons. The first-order valence-corrected chi connectivity index (χ1v) is 17.0. The molecule has 1 spiro atoms. The van der Waals surface area contributed by atoms with Gasteiger partial charge in [-0.2, -0.15) is 0 Å². The summed E-state index contributed by atoms with van der Waals surface area (Å²) < 4.78 is 0. The number of hydrogen-bond donors (Lipinski definition) is 0. The molecular formula is C44H27ClS. The van der Waals surface area contributed by atoms with Gasteiger partial charge < -0.3 is 0 Å². The molecule has 1 heterocycles. The lowest BCUT2D eigenvalue weighted by Gasteiger charge is -2.41. The molecule has 10 rings (SSSR count). The van der Waals surface area contributed by atoms with Gasteiger partial charge in [-0.1, -0.05) is 157 Å². The number of halogens is 1. The summed E-state index contributed by atoms with van der Waals surface area (Å²) in [6.07, 6.45) is 0. The Hall–Kier alpha value is -4.82. The summed E-state index contributed by atoms with van der Waals surface area (Å²) in [6.45, 7) is 0. The molecule has 2 aliphatic carbocycles. The molecule has 0 nitrogen and oxygen atoms in total. The van der Waals surface area contributed by atoms with E-state index in [2.05, 4.69) is 164 Å². The summed E-state index contributed by atoms with van der Waals surface area (Å²) in [5.41, 5.74) is 14.7. The van der Waals surface area contributed by atoms with Gasteiger partial charge in [-0.3, -0.25) is 0 Å². The van der Waals surface area contributed by atoms with E-state index in [9.17, 15) is 0 Å². The van der Waals surface area contributed by atoms with E-state index in [1.807, 2.05) is 11.8 Å².